The average molecular weight is 212 g/mol. The predicted molar refractivity (Wildman–Crippen MR) is 57.1 cm³/mol. The zero-order valence-electron chi connectivity index (χ0n) is 9.04. The number of aliphatic hydroxyl groups is 1. The van der Waals surface area contributed by atoms with E-state index in [0.29, 0.717) is 0 Å². The van der Waals surface area contributed by atoms with Gasteiger partial charge in [-0.2, -0.15) is 0 Å². The molecule has 0 saturated heterocycles. The van der Waals surface area contributed by atoms with Crippen LogP contribution in [0.1, 0.15) is 38.5 Å². The Hall–Kier alpha value is -0.610. The summed E-state index contributed by atoms with van der Waals surface area (Å²) in [5.41, 5.74) is 5.52. The van der Waals surface area contributed by atoms with Gasteiger partial charge in [0.05, 0.1) is 12.1 Å². The Balaban J connectivity index is 1.81. The van der Waals surface area contributed by atoms with Crippen molar-refractivity contribution < 1.29 is 9.90 Å². The predicted octanol–water partition coefficient (Wildman–Crippen LogP) is 0.145. The Kier molecular flexibility index (Phi) is 2.98. The number of rotatable bonds is 3. The molecule has 0 unspecified atom stereocenters. The lowest BCUT2D eigenvalue weighted by atomic mass is 9.86. The summed E-state index contributed by atoms with van der Waals surface area (Å²) in [6.45, 7) is 0.0744. The minimum absolute atomic E-state index is 0.0744. The number of nitrogens with two attached hydrogens (primary N) is 1. The summed E-state index contributed by atoms with van der Waals surface area (Å²) < 4.78 is 0. The van der Waals surface area contributed by atoms with E-state index in [9.17, 15) is 4.79 Å². The lowest BCUT2D eigenvalue weighted by Crippen LogP contribution is -2.44. The van der Waals surface area contributed by atoms with E-state index in [4.69, 9.17) is 10.8 Å². The highest BCUT2D eigenvalue weighted by atomic mass is 16.3. The van der Waals surface area contributed by atoms with Gasteiger partial charge < -0.3 is 16.2 Å². The molecule has 0 aromatic carbocycles. The SMILES string of the molecule is NC1CCC(C(=O)NC2(CO)CC2)CC1. The van der Waals surface area contributed by atoms with E-state index in [1.54, 1.807) is 0 Å². The monoisotopic (exact) mass is 212 g/mol. The van der Waals surface area contributed by atoms with E-state index in [-0.39, 0.29) is 30.0 Å². The Labute approximate surface area is 90.2 Å². The van der Waals surface area contributed by atoms with Crippen molar-refractivity contribution in [2.45, 2.75) is 50.1 Å². The Morgan fingerprint density at radius 3 is 2.40 bits per heavy atom. The highest BCUT2D eigenvalue weighted by Gasteiger charge is 2.44. The fraction of sp³-hybridized carbons (Fsp3) is 0.909. The van der Waals surface area contributed by atoms with Crippen LogP contribution in [0.15, 0.2) is 0 Å². The molecule has 4 nitrogen and oxygen atoms in total. The molecule has 0 bridgehead atoms. The summed E-state index contributed by atoms with van der Waals surface area (Å²) in [7, 11) is 0. The number of amides is 1. The number of carbonyl (C=O) groups is 1. The summed E-state index contributed by atoms with van der Waals surface area (Å²) in [6, 6.07) is 0.279. The maximum absolute atomic E-state index is 11.9. The first-order valence-electron chi connectivity index (χ1n) is 5.84. The number of aliphatic hydroxyl groups excluding tert-OH is 1. The van der Waals surface area contributed by atoms with Gasteiger partial charge in [0.1, 0.15) is 0 Å². The van der Waals surface area contributed by atoms with Crippen molar-refractivity contribution in [2.24, 2.45) is 11.7 Å². The maximum atomic E-state index is 11.9. The molecule has 0 aromatic heterocycles. The molecule has 0 aliphatic heterocycles. The molecule has 1 amide bonds. The second-order valence-electron chi connectivity index (χ2n) is 5.04. The topological polar surface area (TPSA) is 75.4 Å². The number of hydrogen-bond acceptors (Lipinski definition) is 3. The third-order valence-electron chi connectivity index (χ3n) is 3.69. The first-order valence-corrected chi connectivity index (χ1v) is 5.84. The summed E-state index contributed by atoms with van der Waals surface area (Å²) >= 11 is 0. The minimum atomic E-state index is -0.267. The lowest BCUT2D eigenvalue weighted by molar-refractivity contribution is -0.127. The molecular formula is C11H20N2O2. The van der Waals surface area contributed by atoms with E-state index in [2.05, 4.69) is 5.32 Å². The van der Waals surface area contributed by atoms with Crippen LogP contribution in [0.25, 0.3) is 0 Å². The highest BCUT2D eigenvalue weighted by Crippen LogP contribution is 2.35. The van der Waals surface area contributed by atoms with Crippen LogP contribution in [0.4, 0.5) is 0 Å². The highest BCUT2D eigenvalue weighted by molar-refractivity contribution is 5.80. The van der Waals surface area contributed by atoms with Crippen LogP contribution >= 0.6 is 0 Å². The quantitative estimate of drug-likeness (QED) is 0.623. The lowest BCUT2D eigenvalue weighted by Gasteiger charge is -2.27. The Bertz CT molecular complexity index is 243. The van der Waals surface area contributed by atoms with Crippen LogP contribution in [0.3, 0.4) is 0 Å². The van der Waals surface area contributed by atoms with Gasteiger partial charge in [-0.05, 0) is 38.5 Å². The second kappa shape index (κ2) is 4.10. The van der Waals surface area contributed by atoms with Crippen molar-refractivity contribution in [3.05, 3.63) is 0 Å². The fourth-order valence-corrected chi connectivity index (χ4v) is 2.22. The smallest absolute Gasteiger partial charge is 0.223 e. The van der Waals surface area contributed by atoms with Crippen molar-refractivity contribution in [1.82, 2.24) is 5.32 Å². The largest absolute Gasteiger partial charge is 0.394 e. The third kappa shape index (κ3) is 2.49. The minimum Gasteiger partial charge on any atom is -0.394 e. The van der Waals surface area contributed by atoms with Gasteiger partial charge in [-0.1, -0.05) is 0 Å². The van der Waals surface area contributed by atoms with Crippen molar-refractivity contribution in [3.8, 4) is 0 Å². The molecule has 2 aliphatic rings. The van der Waals surface area contributed by atoms with Crippen molar-refractivity contribution >= 4 is 5.91 Å². The molecule has 0 heterocycles. The van der Waals surface area contributed by atoms with Crippen molar-refractivity contribution in [3.63, 3.8) is 0 Å². The first-order chi connectivity index (χ1) is 7.15. The standard InChI is InChI=1S/C11H20N2O2/c12-9-3-1-8(2-4-9)10(15)13-11(7-14)5-6-11/h8-9,14H,1-7,12H2,(H,13,15). The molecule has 4 heteroatoms. The summed E-state index contributed by atoms with van der Waals surface area (Å²) in [5.74, 6) is 0.238. The Morgan fingerprint density at radius 2 is 1.93 bits per heavy atom. The average Bonchev–Trinajstić information content (AvgIpc) is 2.99. The molecule has 4 N–H and O–H groups in total. The Morgan fingerprint density at radius 1 is 1.33 bits per heavy atom. The van der Waals surface area contributed by atoms with Gasteiger partial charge in [0.25, 0.3) is 0 Å². The number of carbonyl (C=O) groups excluding carboxylic acids is 1. The summed E-state index contributed by atoms with van der Waals surface area (Å²) in [6.07, 6.45) is 5.53. The van der Waals surface area contributed by atoms with E-state index < -0.39 is 0 Å². The molecule has 15 heavy (non-hydrogen) atoms. The zero-order chi connectivity index (χ0) is 10.9. The fourth-order valence-electron chi connectivity index (χ4n) is 2.22. The normalized spacial score (nSPS) is 33.5. The molecule has 2 saturated carbocycles. The van der Waals surface area contributed by atoms with Gasteiger partial charge in [0.2, 0.25) is 5.91 Å². The number of nitrogens with one attached hydrogen (secondary N) is 1. The molecule has 86 valence electrons. The van der Waals surface area contributed by atoms with Gasteiger partial charge in [-0.3, -0.25) is 4.79 Å². The van der Waals surface area contributed by atoms with Crippen LogP contribution < -0.4 is 11.1 Å². The van der Waals surface area contributed by atoms with Gasteiger partial charge in [-0.25, -0.2) is 0 Å². The van der Waals surface area contributed by atoms with Crippen LogP contribution in [-0.4, -0.2) is 29.2 Å². The van der Waals surface area contributed by atoms with Gasteiger partial charge in [0.15, 0.2) is 0 Å². The molecular weight excluding hydrogens is 192 g/mol. The maximum Gasteiger partial charge on any atom is 0.223 e. The van der Waals surface area contributed by atoms with Crippen LogP contribution in [-0.2, 0) is 4.79 Å². The molecule has 0 spiro atoms. The van der Waals surface area contributed by atoms with Crippen LogP contribution in [0.5, 0.6) is 0 Å². The molecule has 0 radical (unpaired) electrons. The molecule has 2 aliphatic carbocycles. The molecule has 2 fully saturated rings. The van der Waals surface area contributed by atoms with E-state index in [0.717, 1.165) is 38.5 Å². The van der Waals surface area contributed by atoms with Gasteiger partial charge in [0, 0.05) is 12.0 Å². The number of hydrogen-bond donors (Lipinski definition) is 3. The van der Waals surface area contributed by atoms with Crippen LogP contribution in [0, 0.1) is 5.92 Å². The summed E-state index contributed by atoms with van der Waals surface area (Å²) in [4.78, 5) is 11.9. The van der Waals surface area contributed by atoms with E-state index in [1.165, 1.54) is 0 Å². The van der Waals surface area contributed by atoms with Crippen molar-refractivity contribution in [1.29, 1.82) is 0 Å². The van der Waals surface area contributed by atoms with E-state index >= 15 is 0 Å². The molecule has 2 rings (SSSR count). The first kappa shape index (κ1) is 10.9. The van der Waals surface area contributed by atoms with Gasteiger partial charge in [-0.15, -0.1) is 0 Å². The van der Waals surface area contributed by atoms with Gasteiger partial charge >= 0.3 is 0 Å². The second-order valence-corrected chi connectivity index (χ2v) is 5.04. The van der Waals surface area contributed by atoms with E-state index in [1.807, 2.05) is 0 Å². The zero-order valence-corrected chi connectivity index (χ0v) is 9.04. The van der Waals surface area contributed by atoms with Crippen LogP contribution in [0.2, 0.25) is 0 Å². The molecule has 0 aromatic rings. The van der Waals surface area contributed by atoms with Crippen molar-refractivity contribution in [2.75, 3.05) is 6.61 Å². The molecule has 0 atom stereocenters. The summed E-state index contributed by atoms with van der Waals surface area (Å²) in [5, 5.41) is 12.1. The third-order valence-corrected chi connectivity index (χ3v) is 3.69.